The van der Waals surface area contributed by atoms with Gasteiger partial charge in [0, 0.05) is 10.6 Å². The van der Waals surface area contributed by atoms with Gasteiger partial charge in [-0.1, -0.05) is 11.6 Å². The molecule has 0 aliphatic heterocycles. The molecule has 1 atom stereocenters. The molecule has 128 valence electrons. The minimum atomic E-state index is -0.775. The van der Waals surface area contributed by atoms with Gasteiger partial charge in [0.2, 0.25) is 5.91 Å². The van der Waals surface area contributed by atoms with Crippen LogP contribution in [0.1, 0.15) is 12.7 Å². The number of methoxy groups -OCH3 is 1. The van der Waals surface area contributed by atoms with Crippen molar-refractivity contribution in [2.24, 2.45) is 0 Å². The summed E-state index contributed by atoms with van der Waals surface area (Å²) in [5, 5.41) is 2.81. The molecular weight excluding hydrogens is 332 g/mol. The quantitative estimate of drug-likeness (QED) is 0.895. The summed E-state index contributed by atoms with van der Waals surface area (Å²) in [5.41, 5.74) is 0.921. The third kappa shape index (κ3) is 4.59. The van der Waals surface area contributed by atoms with E-state index in [0.717, 1.165) is 11.3 Å². The summed E-state index contributed by atoms with van der Waals surface area (Å²) in [5.74, 6) is 0.996. The second-order valence-electron chi connectivity index (χ2n) is 5.34. The predicted octanol–water partition coefficient (Wildman–Crippen LogP) is 3.30. The van der Waals surface area contributed by atoms with Crippen LogP contribution in [0.25, 0.3) is 11.3 Å². The highest BCUT2D eigenvalue weighted by Crippen LogP contribution is 2.24. The summed E-state index contributed by atoms with van der Waals surface area (Å²) < 4.78 is 10.2. The van der Waals surface area contributed by atoms with Gasteiger partial charge in [0.05, 0.1) is 19.7 Å². The normalized spacial score (nSPS) is 12.0. The Labute approximate surface area is 145 Å². The van der Waals surface area contributed by atoms with Crippen LogP contribution >= 0.6 is 11.6 Å². The smallest absolute Gasteiger partial charge is 0.413 e. The van der Waals surface area contributed by atoms with Crippen LogP contribution in [0.3, 0.4) is 0 Å². The number of carbonyl (C=O) groups is 2. The van der Waals surface area contributed by atoms with Gasteiger partial charge < -0.3 is 9.15 Å². The van der Waals surface area contributed by atoms with Crippen molar-refractivity contribution in [1.82, 2.24) is 10.2 Å². The van der Waals surface area contributed by atoms with Gasteiger partial charge >= 0.3 is 6.09 Å². The molecule has 2 amide bonds. The van der Waals surface area contributed by atoms with E-state index in [-0.39, 0.29) is 0 Å². The van der Waals surface area contributed by atoms with Crippen molar-refractivity contribution in [3.05, 3.63) is 47.2 Å². The number of alkyl carbamates (subject to hydrolysis) is 1. The van der Waals surface area contributed by atoms with Crippen molar-refractivity contribution in [2.45, 2.75) is 19.5 Å². The average Bonchev–Trinajstić information content (AvgIpc) is 3.02. The molecule has 0 fully saturated rings. The molecule has 0 saturated carbocycles. The number of nitrogens with zero attached hydrogens (tertiary/aromatic N) is 1. The molecule has 1 N–H and O–H groups in total. The zero-order chi connectivity index (χ0) is 17.7. The molecule has 7 heteroatoms. The zero-order valence-corrected chi connectivity index (χ0v) is 14.5. The average molecular weight is 351 g/mol. The SMILES string of the molecule is COC(=O)NC(=O)[C@H](C)N(C)Cc1ccc(-c2ccc(Cl)cc2)o1. The number of furan rings is 1. The Morgan fingerprint density at radius 2 is 1.92 bits per heavy atom. The number of carbonyl (C=O) groups excluding carboxylic acids is 2. The molecule has 6 nitrogen and oxygen atoms in total. The molecule has 0 saturated heterocycles. The molecule has 2 rings (SSSR count). The number of nitrogens with one attached hydrogen (secondary N) is 1. The number of rotatable bonds is 5. The lowest BCUT2D eigenvalue weighted by molar-refractivity contribution is -0.124. The number of ether oxygens (including phenoxy) is 1. The Morgan fingerprint density at radius 1 is 1.25 bits per heavy atom. The van der Waals surface area contributed by atoms with Gasteiger partial charge in [-0.05, 0) is 50.4 Å². The lowest BCUT2D eigenvalue weighted by atomic mass is 10.2. The first kappa shape index (κ1) is 18.0. The topological polar surface area (TPSA) is 71.8 Å². The van der Waals surface area contributed by atoms with Crippen molar-refractivity contribution >= 4 is 23.6 Å². The number of benzene rings is 1. The number of amides is 2. The van der Waals surface area contributed by atoms with E-state index in [9.17, 15) is 9.59 Å². The van der Waals surface area contributed by atoms with E-state index in [1.165, 1.54) is 7.11 Å². The Kier molecular flexibility index (Phi) is 6.00. The highest BCUT2D eigenvalue weighted by molar-refractivity contribution is 6.30. The third-order valence-electron chi connectivity index (χ3n) is 3.65. The van der Waals surface area contributed by atoms with Crippen molar-refractivity contribution in [3.63, 3.8) is 0 Å². The fourth-order valence-corrected chi connectivity index (χ4v) is 2.20. The van der Waals surface area contributed by atoms with Crippen molar-refractivity contribution in [3.8, 4) is 11.3 Å². The number of halogens is 1. The van der Waals surface area contributed by atoms with Crippen LogP contribution in [-0.4, -0.2) is 37.1 Å². The van der Waals surface area contributed by atoms with Gasteiger partial charge in [-0.25, -0.2) is 4.79 Å². The van der Waals surface area contributed by atoms with Crippen LogP contribution in [-0.2, 0) is 16.1 Å². The molecule has 0 spiro atoms. The third-order valence-corrected chi connectivity index (χ3v) is 3.90. The van der Waals surface area contributed by atoms with Crippen LogP contribution in [0, 0.1) is 0 Å². The first-order chi connectivity index (χ1) is 11.4. The maximum atomic E-state index is 11.9. The standard InChI is InChI=1S/C17H19ClN2O4/c1-11(16(21)19-17(22)23-3)20(2)10-14-8-9-15(24-14)12-4-6-13(18)7-5-12/h4-9,11H,10H2,1-3H3,(H,19,21,22)/t11-/m0/s1. The summed E-state index contributed by atoms with van der Waals surface area (Å²) in [6.45, 7) is 2.12. The molecule has 24 heavy (non-hydrogen) atoms. The maximum Gasteiger partial charge on any atom is 0.413 e. The Balaban J connectivity index is 1.99. The highest BCUT2D eigenvalue weighted by Gasteiger charge is 2.21. The number of hydrogen-bond donors (Lipinski definition) is 1. The molecular formula is C17H19ClN2O4. The van der Waals surface area contributed by atoms with Crippen molar-refractivity contribution in [2.75, 3.05) is 14.2 Å². The lowest BCUT2D eigenvalue weighted by Gasteiger charge is -2.22. The van der Waals surface area contributed by atoms with Crippen LogP contribution in [0.5, 0.6) is 0 Å². The summed E-state index contributed by atoms with van der Waals surface area (Å²) in [6.07, 6.45) is -0.775. The first-order valence-corrected chi connectivity index (χ1v) is 7.72. The summed E-state index contributed by atoms with van der Waals surface area (Å²) in [4.78, 5) is 24.8. The van der Waals surface area contributed by atoms with Gasteiger partial charge in [0.25, 0.3) is 0 Å². The maximum absolute atomic E-state index is 11.9. The predicted molar refractivity (Wildman–Crippen MR) is 90.6 cm³/mol. The lowest BCUT2D eigenvalue weighted by Crippen LogP contribution is -2.45. The number of likely N-dealkylation sites (N-methyl/N-ethyl adjacent to an activating group) is 1. The van der Waals surface area contributed by atoms with Crippen LogP contribution in [0.15, 0.2) is 40.8 Å². The van der Waals surface area contributed by atoms with Gasteiger partial charge in [-0.2, -0.15) is 0 Å². The Bertz CT molecular complexity index is 712. The van der Waals surface area contributed by atoms with Gasteiger partial charge in [0.15, 0.2) is 0 Å². The Hall–Kier alpha value is -2.31. The van der Waals surface area contributed by atoms with Crippen LogP contribution < -0.4 is 5.32 Å². The van der Waals surface area contributed by atoms with E-state index in [0.29, 0.717) is 17.3 Å². The fraction of sp³-hybridized carbons (Fsp3) is 0.294. The first-order valence-electron chi connectivity index (χ1n) is 7.34. The zero-order valence-electron chi connectivity index (χ0n) is 13.7. The highest BCUT2D eigenvalue weighted by atomic mass is 35.5. The molecule has 0 unspecified atom stereocenters. The van der Waals surface area contributed by atoms with Crippen molar-refractivity contribution in [1.29, 1.82) is 0 Å². The Morgan fingerprint density at radius 3 is 2.54 bits per heavy atom. The number of hydrogen-bond acceptors (Lipinski definition) is 5. The van der Waals surface area contributed by atoms with Crippen molar-refractivity contribution < 1.29 is 18.7 Å². The molecule has 2 aromatic rings. The second-order valence-corrected chi connectivity index (χ2v) is 5.78. The van der Waals surface area contributed by atoms with Gasteiger partial charge in [0.1, 0.15) is 11.5 Å². The van der Waals surface area contributed by atoms with Gasteiger partial charge in [-0.3, -0.25) is 15.0 Å². The minimum absolute atomic E-state index is 0.420. The van der Waals surface area contributed by atoms with E-state index in [4.69, 9.17) is 16.0 Å². The molecule has 0 bridgehead atoms. The van der Waals surface area contributed by atoms with E-state index < -0.39 is 18.0 Å². The molecule has 0 aliphatic rings. The van der Waals surface area contributed by atoms with Crippen LogP contribution in [0.4, 0.5) is 4.79 Å². The summed E-state index contributed by atoms with van der Waals surface area (Å²) in [6, 6.07) is 10.5. The second kappa shape index (κ2) is 7.99. The fourth-order valence-electron chi connectivity index (χ4n) is 2.07. The van der Waals surface area contributed by atoms with Gasteiger partial charge in [-0.15, -0.1) is 0 Å². The number of imide groups is 1. The summed E-state index contributed by atoms with van der Waals surface area (Å²) in [7, 11) is 2.98. The molecule has 0 aliphatic carbocycles. The monoisotopic (exact) mass is 350 g/mol. The summed E-state index contributed by atoms with van der Waals surface area (Å²) >= 11 is 5.88. The molecule has 1 aromatic carbocycles. The van der Waals surface area contributed by atoms with E-state index in [1.807, 2.05) is 24.3 Å². The molecule has 1 aromatic heterocycles. The van der Waals surface area contributed by atoms with E-state index in [2.05, 4.69) is 10.1 Å². The van der Waals surface area contributed by atoms with E-state index in [1.54, 1.807) is 31.0 Å². The minimum Gasteiger partial charge on any atom is -0.460 e. The van der Waals surface area contributed by atoms with Crippen LogP contribution in [0.2, 0.25) is 5.02 Å². The largest absolute Gasteiger partial charge is 0.460 e. The van der Waals surface area contributed by atoms with E-state index >= 15 is 0 Å². The molecule has 1 heterocycles. The molecule has 0 radical (unpaired) electrons.